The lowest BCUT2D eigenvalue weighted by atomic mass is 10.0. The van der Waals surface area contributed by atoms with Gasteiger partial charge in [0.25, 0.3) is 0 Å². The van der Waals surface area contributed by atoms with Gasteiger partial charge in [0.15, 0.2) is 0 Å². The normalized spacial score (nSPS) is 10.7. The number of hydrogen-bond donors (Lipinski definition) is 2. The Balaban J connectivity index is 1.99. The first kappa shape index (κ1) is 17.3. The third-order valence-corrected chi connectivity index (χ3v) is 4.38. The Hall–Kier alpha value is -2.50. The monoisotopic (exact) mass is 375 g/mol. The minimum atomic E-state index is -0.505. The van der Waals surface area contributed by atoms with Crippen molar-refractivity contribution in [3.05, 3.63) is 63.5 Å². The first-order valence-electron chi connectivity index (χ1n) is 7.46. The number of nitrogens with zero attached hydrogens (tertiary/aromatic N) is 1. The molecule has 0 aliphatic rings. The number of carbonyl (C=O) groups excluding carboxylic acids is 1. The molecule has 0 unspecified atom stereocenters. The van der Waals surface area contributed by atoms with Gasteiger partial charge in [-0.25, -0.2) is 0 Å². The van der Waals surface area contributed by atoms with Gasteiger partial charge in [-0.2, -0.15) is 0 Å². The van der Waals surface area contributed by atoms with Crippen LogP contribution in [0, 0.1) is 13.8 Å². The summed E-state index contributed by atoms with van der Waals surface area (Å²) in [4.78, 5) is 11.3. The lowest BCUT2D eigenvalue weighted by Crippen LogP contribution is -2.10. The van der Waals surface area contributed by atoms with E-state index < -0.39 is 5.91 Å². The second-order valence-corrected chi connectivity index (χ2v) is 6.40. The molecule has 1 heterocycles. The molecule has 0 spiro atoms. The van der Waals surface area contributed by atoms with E-state index in [-0.39, 0.29) is 0 Å². The Kier molecular flexibility index (Phi) is 4.70. The van der Waals surface area contributed by atoms with Crippen LogP contribution >= 0.6 is 23.2 Å². The number of primary amides is 1. The van der Waals surface area contributed by atoms with Crippen molar-refractivity contribution in [2.75, 3.05) is 5.32 Å². The highest BCUT2D eigenvalue weighted by molar-refractivity contribution is 6.39. The van der Waals surface area contributed by atoms with Crippen molar-refractivity contribution in [1.82, 2.24) is 5.16 Å². The molecular weight excluding hydrogens is 361 g/mol. The van der Waals surface area contributed by atoms with Gasteiger partial charge < -0.3 is 15.6 Å². The summed E-state index contributed by atoms with van der Waals surface area (Å²) in [5, 5.41) is 7.95. The average molecular weight is 376 g/mol. The number of halogens is 2. The molecule has 1 aromatic heterocycles. The SMILES string of the molecule is Cc1noc(C)c1-c1cc(Cl)c(Nc2cccc(C(N)=O)c2)c(Cl)c1. The zero-order chi connectivity index (χ0) is 18.1. The summed E-state index contributed by atoms with van der Waals surface area (Å²) < 4.78 is 5.20. The molecule has 0 bridgehead atoms. The minimum Gasteiger partial charge on any atom is -0.366 e. The number of aromatic nitrogens is 1. The van der Waals surface area contributed by atoms with E-state index in [0.717, 1.165) is 16.8 Å². The Morgan fingerprint density at radius 1 is 1.16 bits per heavy atom. The van der Waals surface area contributed by atoms with Crippen molar-refractivity contribution in [3.8, 4) is 11.1 Å². The number of nitrogens with two attached hydrogens (primary N) is 1. The van der Waals surface area contributed by atoms with Crippen molar-refractivity contribution < 1.29 is 9.32 Å². The van der Waals surface area contributed by atoms with Crippen molar-refractivity contribution >= 4 is 40.5 Å². The molecule has 128 valence electrons. The van der Waals surface area contributed by atoms with Crippen LogP contribution in [-0.4, -0.2) is 11.1 Å². The first-order chi connectivity index (χ1) is 11.9. The smallest absolute Gasteiger partial charge is 0.248 e. The van der Waals surface area contributed by atoms with Gasteiger partial charge in [0.2, 0.25) is 5.91 Å². The number of rotatable bonds is 4. The molecule has 7 heteroatoms. The van der Waals surface area contributed by atoms with Crippen LogP contribution in [-0.2, 0) is 0 Å². The predicted molar refractivity (Wildman–Crippen MR) is 99.7 cm³/mol. The second kappa shape index (κ2) is 6.78. The van der Waals surface area contributed by atoms with Gasteiger partial charge in [-0.15, -0.1) is 0 Å². The molecule has 5 nitrogen and oxygen atoms in total. The van der Waals surface area contributed by atoms with Gasteiger partial charge in [0.1, 0.15) is 5.76 Å². The van der Waals surface area contributed by atoms with Crippen molar-refractivity contribution in [2.45, 2.75) is 13.8 Å². The van der Waals surface area contributed by atoms with Crippen LogP contribution in [0.4, 0.5) is 11.4 Å². The van der Waals surface area contributed by atoms with E-state index in [1.807, 2.05) is 13.8 Å². The van der Waals surface area contributed by atoms with Crippen LogP contribution in [0.1, 0.15) is 21.8 Å². The van der Waals surface area contributed by atoms with E-state index >= 15 is 0 Å². The zero-order valence-corrected chi connectivity index (χ0v) is 15.1. The van der Waals surface area contributed by atoms with Crippen molar-refractivity contribution in [2.24, 2.45) is 5.73 Å². The molecule has 0 fully saturated rings. The van der Waals surface area contributed by atoms with Crippen LogP contribution in [0.3, 0.4) is 0 Å². The lowest BCUT2D eigenvalue weighted by molar-refractivity contribution is 0.100. The first-order valence-corrected chi connectivity index (χ1v) is 8.21. The summed E-state index contributed by atoms with van der Waals surface area (Å²) in [7, 11) is 0. The maximum absolute atomic E-state index is 11.3. The summed E-state index contributed by atoms with van der Waals surface area (Å²) in [6, 6.07) is 10.4. The van der Waals surface area contributed by atoms with E-state index in [2.05, 4.69) is 10.5 Å². The number of anilines is 2. The maximum Gasteiger partial charge on any atom is 0.248 e. The molecule has 3 rings (SSSR count). The largest absolute Gasteiger partial charge is 0.366 e. The van der Waals surface area contributed by atoms with Gasteiger partial charge in [0.05, 0.1) is 21.4 Å². The van der Waals surface area contributed by atoms with Crippen molar-refractivity contribution in [3.63, 3.8) is 0 Å². The summed E-state index contributed by atoms with van der Waals surface area (Å²) >= 11 is 12.8. The van der Waals surface area contributed by atoms with Gasteiger partial charge in [-0.1, -0.05) is 34.4 Å². The lowest BCUT2D eigenvalue weighted by Gasteiger charge is -2.13. The van der Waals surface area contributed by atoms with E-state index in [4.69, 9.17) is 33.5 Å². The molecule has 3 N–H and O–H groups in total. The zero-order valence-electron chi connectivity index (χ0n) is 13.6. The fourth-order valence-corrected chi connectivity index (χ4v) is 3.21. The fraction of sp³-hybridized carbons (Fsp3) is 0.111. The highest BCUT2D eigenvalue weighted by Gasteiger charge is 2.16. The topological polar surface area (TPSA) is 81.2 Å². The Bertz CT molecular complexity index is 924. The molecule has 0 aliphatic carbocycles. The maximum atomic E-state index is 11.3. The molecule has 0 saturated heterocycles. The number of amides is 1. The van der Waals surface area contributed by atoms with Gasteiger partial charge >= 0.3 is 0 Å². The van der Waals surface area contributed by atoms with Gasteiger partial charge in [-0.05, 0) is 49.7 Å². The highest BCUT2D eigenvalue weighted by Crippen LogP contribution is 2.39. The molecule has 1 amide bonds. The molecule has 0 atom stereocenters. The van der Waals surface area contributed by atoms with Crippen LogP contribution in [0.15, 0.2) is 40.9 Å². The van der Waals surface area contributed by atoms with Crippen LogP contribution in [0.2, 0.25) is 10.0 Å². The Labute approximate surface area is 154 Å². The molecule has 25 heavy (non-hydrogen) atoms. The molecule has 0 radical (unpaired) electrons. The van der Waals surface area contributed by atoms with E-state index in [1.54, 1.807) is 36.4 Å². The minimum absolute atomic E-state index is 0.393. The summed E-state index contributed by atoms with van der Waals surface area (Å²) in [6.45, 7) is 3.69. The van der Waals surface area contributed by atoms with Crippen molar-refractivity contribution in [1.29, 1.82) is 0 Å². The highest BCUT2D eigenvalue weighted by atomic mass is 35.5. The average Bonchev–Trinajstić information content (AvgIpc) is 2.90. The third-order valence-electron chi connectivity index (χ3n) is 3.78. The van der Waals surface area contributed by atoms with Crippen LogP contribution in [0.25, 0.3) is 11.1 Å². The number of carbonyl (C=O) groups is 1. The Morgan fingerprint density at radius 2 is 1.84 bits per heavy atom. The molecule has 3 aromatic rings. The van der Waals surface area contributed by atoms with Crippen LogP contribution < -0.4 is 11.1 Å². The van der Waals surface area contributed by atoms with E-state index in [9.17, 15) is 4.79 Å². The van der Waals surface area contributed by atoms with Gasteiger partial charge in [0, 0.05) is 16.8 Å². The number of nitrogens with one attached hydrogen (secondary N) is 1. The summed E-state index contributed by atoms with van der Waals surface area (Å²) in [5.41, 5.74) is 9.35. The summed E-state index contributed by atoms with van der Waals surface area (Å²) in [5.74, 6) is 0.189. The molecule has 0 aliphatic heterocycles. The van der Waals surface area contributed by atoms with E-state index in [0.29, 0.717) is 32.7 Å². The number of hydrogen-bond acceptors (Lipinski definition) is 4. The van der Waals surface area contributed by atoms with E-state index in [1.165, 1.54) is 0 Å². The quantitative estimate of drug-likeness (QED) is 0.663. The van der Waals surface area contributed by atoms with Crippen LogP contribution in [0.5, 0.6) is 0 Å². The second-order valence-electron chi connectivity index (χ2n) is 5.58. The number of aryl methyl sites for hydroxylation is 2. The standard InChI is InChI=1S/C18H15Cl2N3O2/c1-9-16(10(2)25-23-9)12-7-14(19)17(15(20)8-12)22-13-5-3-4-11(6-13)18(21)24/h3-8,22H,1-2H3,(H2,21,24). The van der Waals surface area contributed by atoms with Gasteiger partial charge in [-0.3, -0.25) is 4.79 Å². The Morgan fingerprint density at radius 3 is 2.40 bits per heavy atom. The fourth-order valence-electron chi connectivity index (χ4n) is 2.63. The summed E-state index contributed by atoms with van der Waals surface area (Å²) in [6.07, 6.45) is 0. The predicted octanol–water partition coefficient (Wildman–Crippen LogP) is 5.11. The third kappa shape index (κ3) is 3.48. The number of benzene rings is 2. The molecule has 2 aromatic carbocycles. The molecular formula is C18H15Cl2N3O2. The molecule has 0 saturated carbocycles.